The van der Waals surface area contributed by atoms with E-state index in [1.165, 1.54) is 17.2 Å². The molecule has 3 saturated heterocycles. The summed E-state index contributed by atoms with van der Waals surface area (Å²) in [5, 5.41) is 11.2. The number of halogens is 1. The van der Waals surface area contributed by atoms with Gasteiger partial charge in [0.15, 0.2) is 41.3 Å². The third-order valence-electron chi connectivity index (χ3n) is 7.28. The molecule has 0 radical (unpaired) electrons. The predicted molar refractivity (Wildman–Crippen MR) is 156 cm³/mol. The zero-order valence-electron chi connectivity index (χ0n) is 22.3. The Morgan fingerprint density at radius 1 is 0.911 bits per heavy atom. The summed E-state index contributed by atoms with van der Waals surface area (Å²) in [6.07, 6.45) is -8.62. The normalized spacial score (nSPS) is 37.7. The summed E-state index contributed by atoms with van der Waals surface area (Å²) in [6, 6.07) is 0. The maximum absolute atomic E-state index is 16.0. The van der Waals surface area contributed by atoms with E-state index < -0.39 is 81.5 Å². The Kier molecular flexibility index (Phi) is 7.72. The number of alkyl halides is 1. The molecule has 0 bridgehead atoms. The molecule has 25 heteroatoms. The van der Waals surface area contributed by atoms with E-state index in [9.17, 15) is 19.0 Å². The summed E-state index contributed by atoms with van der Waals surface area (Å²) in [4.78, 5) is 34.6. The number of nitrogen functional groups attached to an aromatic ring is 2. The van der Waals surface area contributed by atoms with Crippen molar-refractivity contribution in [3.05, 3.63) is 29.3 Å². The summed E-state index contributed by atoms with van der Waals surface area (Å²) in [7, 11) is 0. The van der Waals surface area contributed by atoms with Crippen LogP contribution in [0.25, 0.3) is 22.3 Å². The number of hydrogen-bond acceptors (Lipinski definition) is 17. The minimum Gasteiger partial charge on any atom is -0.386 e. The Balaban J connectivity index is 1.17. The van der Waals surface area contributed by atoms with Gasteiger partial charge in [-0.05, 0) is 0 Å². The number of aliphatic hydroxyl groups is 1. The van der Waals surface area contributed by atoms with Crippen molar-refractivity contribution in [1.82, 2.24) is 39.0 Å². The quantitative estimate of drug-likeness (QED) is 0.122. The summed E-state index contributed by atoms with van der Waals surface area (Å²) < 4.78 is 78.9. The van der Waals surface area contributed by atoms with E-state index in [0.717, 1.165) is 10.9 Å². The topological polar surface area (TPSA) is 269 Å². The minimum absolute atomic E-state index is 0.0789. The van der Waals surface area contributed by atoms with Crippen LogP contribution in [0.15, 0.2) is 23.8 Å². The highest BCUT2D eigenvalue weighted by atomic mass is 32.7. The molecular weight excluding hydrogens is 685 g/mol. The first-order valence-electron chi connectivity index (χ1n) is 12.9. The van der Waals surface area contributed by atoms with Crippen LogP contribution in [0.5, 0.6) is 0 Å². The maximum Gasteiger partial charge on any atom is 0.386 e. The van der Waals surface area contributed by atoms with Crippen molar-refractivity contribution in [2.45, 2.75) is 49.1 Å². The highest BCUT2D eigenvalue weighted by molar-refractivity contribution is 8.44. The summed E-state index contributed by atoms with van der Waals surface area (Å²) in [6.45, 7) is -10.0. The molecule has 7 heterocycles. The Hall–Kier alpha value is -2.69. The van der Waals surface area contributed by atoms with Gasteiger partial charge in [0.05, 0.1) is 25.9 Å². The van der Waals surface area contributed by atoms with Crippen LogP contribution in [0.3, 0.4) is 0 Å². The Labute approximate surface area is 260 Å². The average Bonchev–Trinajstić information content (AvgIpc) is 3.72. The smallest absolute Gasteiger partial charge is 0.386 e. The number of rotatable bonds is 2. The number of anilines is 2. The zero-order valence-corrected chi connectivity index (χ0v) is 25.9. The van der Waals surface area contributed by atoms with Gasteiger partial charge in [-0.3, -0.25) is 37.0 Å². The van der Waals surface area contributed by atoms with Crippen molar-refractivity contribution in [3.8, 4) is 0 Å². The number of imidazole rings is 2. The molecule has 0 aromatic carbocycles. The molecule has 3 fully saturated rings. The number of fused-ring (bicyclic) bond motifs is 4. The molecule has 3 aliphatic rings. The molecule has 4 aromatic rings. The summed E-state index contributed by atoms with van der Waals surface area (Å²) in [5.41, 5.74) is 11.0. The third-order valence-corrected chi connectivity index (χ3v) is 10.5. The number of hydrogen-bond donors (Lipinski definition) is 6. The molecule has 6 N–H and O–H groups in total. The van der Waals surface area contributed by atoms with Gasteiger partial charge in [-0.25, -0.2) is 33.5 Å². The largest absolute Gasteiger partial charge is 0.386 e. The molecule has 10 atom stereocenters. The van der Waals surface area contributed by atoms with Crippen LogP contribution < -0.4 is 17.0 Å². The molecule has 20 nitrogen and oxygen atoms in total. The number of aromatic nitrogens is 8. The van der Waals surface area contributed by atoms with Gasteiger partial charge in [0.2, 0.25) is 5.95 Å². The second-order valence-electron chi connectivity index (χ2n) is 10.1. The van der Waals surface area contributed by atoms with Crippen LogP contribution in [-0.2, 0) is 36.7 Å². The van der Waals surface area contributed by atoms with Crippen LogP contribution in [0.1, 0.15) is 12.5 Å². The van der Waals surface area contributed by atoms with E-state index in [4.69, 9.17) is 39.0 Å². The van der Waals surface area contributed by atoms with Crippen molar-refractivity contribution in [1.29, 1.82) is 0 Å². The van der Waals surface area contributed by atoms with E-state index in [-0.39, 0.29) is 34.1 Å². The van der Waals surface area contributed by atoms with Crippen molar-refractivity contribution in [2.24, 2.45) is 0 Å². The predicted octanol–water partition coefficient (Wildman–Crippen LogP) is 0.511. The number of nitrogens with zero attached hydrogens (tertiary/aromatic N) is 7. The summed E-state index contributed by atoms with van der Waals surface area (Å²) >= 11 is 8.03. The van der Waals surface area contributed by atoms with Gasteiger partial charge >= 0.3 is 13.6 Å². The van der Waals surface area contributed by atoms with E-state index in [2.05, 4.69) is 54.4 Å². The Bertz CT molecular complexity index is 1950. The van der Waals surface area contributed by atoms with Gasteiger partial charge in [0.25, 0.3) is 5.56 Å². The van der Waals surface area contributed by atoms with Gasteiger partial charge in [0, 0.05) is 0 Å². The highest BCUT2D eigenvalue weighted by Gasteiger charge is 2.54. The van der Waals surface area contributed by atoms with Gasteiger partial charge in [-0.15, -0.1) is 0 Å². The maximum atomic E-state index is 16.0. The summed E-state index contributed by atoms with van der Waals surface area (Å²) in [5.74, 6) is -0.179. The fraction of sp³-hybridized carbons (Fsp3) is 0.500. The van der Waals surface area contributed by atoms with E-state index in [1.54, 1.807) is 0 Å². The minimum atomic E-state index is -4.40. The van der Waals surface area contributed by atoms with Crippen LogP contribution in [0, 0.1) is 0 Å². The molecule has 242 valence electrons. The van der Waals surface area contributed by atoms with Gasteiger partial charge in [-0.1, -0.05) is 24.5 Å². The van der Waals surface area contributed by atoms with Crippen LogP contribution in [0.4, 0.5) is 16.2 Å². The van der Waals surface area contributed by atoms with Gasteiger partial charge in [-0.2, -0.15) is 4.98 Å². The van der Waals surface area contributed by atoms with Crippen LogP contribution in [-0.4, -0.2) is 94.0 Å². The number of aliphatic hydroxyl groups excluding tert-OH is 1. The van der Waals surface area contributed by atoms with Gasteiger partial charge < -0.3 is 26.0 Å². The second kappa shape index (κ2) is 11.2. The van der Waals surface area contributed by atoms with Crippen LogP contribution in [0.2, 0.25) is 0 Å². The van der Waals surface area contributed by atoms with E-state index >= 15 is 4.39 Å². The highest BCUT2D eigenvalue weighted by Crippen LogP contribution is 2.60. The molecule has 45 heavy (non-hydrogen) atoms. The van der Waals surface area contributed by atoms with Crippen molar-refractivity contribution >= 4 is 72.2 Å². The molecule has 0 saturated carbocycles. The first-order chi connectivity index (χ1) is 21.3. The van der Waals surface area contributed by atoms with Crippen molar-refractivity contribution in [3.63, 3.8) is 0 Å². The molecule has 4 aromatic heterocycles. The monoisotopic (exact) mass is 708 g/mol. The third kappa shape index (κ3) is 5.54. The average molecular weight is 709 g/mol. The standard InChI is InChI=1S/C20H23FN10O10P2S2/c21-8-12-6(38-18(8)31-5-27-10-16(31)28-20(23)29-17(10)33)1-36-43(35,45)41-13-7(2-37-42(34,44)40-12)39-19(11(13)32)30-4-26-9-14(22)24-3-25-15(9)30/h3-8,11-13,18-19,32H,1-2H2,(H,34,44)(H,35,45)(H2,22,24,25)(H3,23,28,29,33)/t6-,7-,8-,11-,12-,13-,18-,19-,42+,43-/m1/s1. The number of thiol groups is 2. The molecular formula is C20H23FN10O10P2S2. The fourth-order valence-electron chi connectivity index (χ4n) is 5.28. The number of nitrogens with two attached hydrogens (primary N) is 2. The SMILES string of the molecule is Nc1nc2c(ncn2[C@@H]2O[C@@H]3CO[P@@](=O)(S)O[C@H]4[C@@H](O)[C@H](n5cnc6c(N)ncnc65)O[C@@H]4CO[P@](=O)(S)O[C@H]3[C@H]2F)c(=O)[nH]1. The number of H-pyrrole nitrogens is 1. The van der Waals surface area contributed by atoms with Crippen molar-refractivity contribution < 1.29 is 46.2 Å². The fourth-order valence-corrected chi connectivity index (χ4v) is 8.25. The molecule has 0 amide bonds. The Morgan fingerprint density at radius 2 is 1.51 bits per heavy atom. The lowest BCUT2D eigenvalue weighted by Crippen LogP contribution is -2.37. The number of ether oxygens (including phenoxy) is 2. The second-order valence-corrected chi connectivity index (χ2v) is 15.8. The molecule has 3 aliphatic heterocycles. The zero-order chi connectivity index (χ0) is 31.8. The van der Waals surface area contributed by atoms with Gasteiger partial charge in [0.1, 0.15) is 42.4 Å². The van der Waals surface area contributed by atoms with E-state index in [1.807, 2.05) is 0 Å². The first kappa shape index (κ1) is 30.9. The Morgan fingerprint density at radius 3 is 2.22 bits per heavy atom. The first-order valence-corrected chi connectivity index (χ1v) is 18.3. The molecule has 7 rings (SSSR count). The number of nitrogens with one attached hydrogen (secondary N) is 1. The molecule has 0 unspecified atom stereocenters. The molecule has 0 spiro atoms. The number of aromatic amines is 1. The molecule has 0 aliphatic carbocycles. The van der Waals surface area contributed by atoms with Crippen LogP contribution >= 0.6 is 38.1 Å². The van der Waals surface area contributed by atoms with E-state index in [0.29, 0.717) is 0 Å². The van der Waals surface area contributed by atoms with Crippen molar-refractivity contribution in [2.75, 3.05) is 24.7 Å². The lowest BCUT2D eigenvalue weighted by atomic mass is 10.1. The lowest BCUT2D eigenvalue weighted by Gasteiger charge is -2.28. The lowest BCUT2D eigenvalue weighted by molar-refractivity contribution is -0.0555.